The first kappa shape index (κ1) is 13.4. The maximum absolute atomic E-state index is 11.8. The molecule has 2 unspecified atom stereocenters. The maximum Gasteiger partial charge on any atom is 0.223 e. The molecule has 1 heterocycles. The molecular formula is C10H19NO4S. The molecule has 2 atom stereocenters. The summed E-state index contributed by atoms with van der Waals surface area (Å²) in [6, 6.07) is -0.146. The summed E-state index contributed by atoms with van der Waals surface area (Å²) in [5.74, 6) is -0.00416. The van der Waals surface area contributed by atoms with Gasteiger partial charge >= 0.3 is 0 Å². The standard InChI is InChI=1S/C10H19NO4S/c1-8-3-5-11(9(8)7-12)10(13)4-6-16(2,14)15/h8-9,12H,3-7H2,1-2H3. The van der Waals surface area contributed by atoms with Gasteiger partial charge in [0.25, 0.3) is 0 Å². The number of amides is 1. The summed E-state index contributed by atoms with van der Waals surface area (Å²) in [4.78, 5) is 13.4. The fourth-order valence-corrected chi connectivity index (χ4v) is 2.56. The molecule has 1 saturated heterocycles. The van der Waals surface area contributed by atoms with Crippen molar-refractivity contribution in [2.24, 2.45) is 5.92 Å². The minimum absolute atomic E-state index is 0.0159. The van der Waals surface area contributed by atoms with Gasteiger partial charge in [-0.15, -0.1) is 0 Å². The van der Waals surface area contributed by atoms with Crippen LogP contribution in [0, 0.1) is 5.92 Å². The lowest BCUT2D eigenvalue weighted by Gasteiger charge is -2.25. The molecule has 1 fully saturated rings. The molecule has 0 aromatic heterocycles. The Kier molecular flexibility index (Phi) is 4.32. The zero-order valence-corrected chi connectivity index (χ0v) is 10.5. The van der Waals surface area contributed by atoms with Crippen molar-refractivity contribution < 1.29 is 18.3 Å². The first-order valence-electron chi connectivity index (χ1n) is 5.43. The van der Waals surface area contributed by atoms with Crippen LogP contribution in [0.25, 0.3) is 0 Å². The van der Waals surface area contributed by atoms with Gasteiger partial charge in [0.2, 0.25) is 5.91 Å². The fourth-order valence-electron chi connectivity index (χ4n) is 2.01. The van der Waals surface area contributed by atoms with E-state index in [9.17, 15) is 18.3 Å². The quantitative estimate of drug-likeness (QED) is 0.739. The summed E-state index contributed by atoms with van der Waals surface area (Å²) in [5.41, 5.74) is 0. The van der Waals surface area contributed by atoms with Gasteiger partial charge < -0.3 is 10.0 Å². The molecule has 0 aromatic carbocycles. The van der Waals surface area contributed by atoms with Gasteiger partial charge in [-0.3, -0.25) is 4.79 Å². The first-order chi connectivity index (χ1) is 7.35. The number of hydrogen-bond donors (Lipinski definition) is 1. The van der Waals surface area contributed by atoms with Gasteiger partial charge in [0.1, 0.15) is 9.84 Å². The molecule has 0 aliphatic carbocycles. The van der Waals surface area contributed by atoms with E-state index >= 15 is 0 Å². The van der Waals surface area contributed by atoms with Crippen molar-refractivity contribution in [1.29, 1.82) is 0 Å². The Labute approximate surface area is 96.4 Å². The van der Waals surface area contributed by atoms with Gasteiger partial charge in [-0.2, -0.15) is 0 Å². The lowest BCUT2D eigenvalue weighted by atomic mass is 10.0. The average Bonchev–Trinajstić information content (AvgIpc) is 2.54. The van der Waals surface area contributed by atoms with Gasteiger partial charge in [0.15, 0.2) is 0 Å². The Morgan fingerprint density at radius 3 is 2.62 bits per heavy atom. The SMILES string of the molecule is CC1CCN(C(=O)CCS(C)(=O)=O)C1CO. The molecule has 1 amide bonds. The van der Waals surface area contributed by atoms with E-state index < -0.39 is 9.84 Å². The molecule has 1 aliphatic rings. The van der Waals surface area contributed by atoms with Crippen molar-refractivity contribution in [3.63, 3.8) is 0 Å². The second kappa shape index (κ2) is 5.14. The zero-order valence-electron chi connectivity index (χ0n) is 9.72. The number of carbonyl (C=O) groups excluding carboxylic acids is 1. The highest BCUT2D eigenvalue weighted by molar-refractivity contribution is 7.90. The Morgan fingerprint density at radius 2 is 2.12 bits per heavy atom. The third kappa shape index (κ3) is 3.45. The number of hydrogen-bond acceptors (Lipinski definition) is 4. The molecule has 94 valence electrons. The molecule has 0 saturated carbocycles. The monoisotopic (exact) mass is 249 g/mol. The highest BCUT2D eigenvalue weighted by Gasteiger charge is 2.33. The molecule has 6 heteroatoms. The summed E-state index contributed by atoms with van der Waals surface area (Å²) in [5, 5.41) is 9.17. The van der Waals surface area contributed by atoms with E-state index in [-0.39, 0.29) is 36.6 Å². The number of nitrogens with zero attached hydrogens (tertiary/aromatic N) is 1. The van der Waals surface area contributed by atoms with E-state index in [0.29, 0.717) is 6.54 Å². The lowest BCUT2D eigenvalue weighted by molar-refractivity contribution is -0.132. The Balaban J connectivity index is 2.54. The molecule has 16 heavy (non-hydrogen) atoms. The van der Waals surface area contributed by atoms with E-state index in [2.05, 4.69) is 0 Å². The number of carbonyl (C=O) groups is 1. The highest BCUT2D eigenvalue weighted by atomic mass is 32.2. The van der Waals surface area contributed by atoms with Gasteiger partial charge in [0, 0.05) is 19.2 Å². The molecule has 1 N–H and O–H groups in total. The van der Waals surface area contributed by atoms with Crippen molar-refractivity contribution in [3.8, 4) is 0 Å². The number of rotatable bonds is 4. The number of sulfone groups is 1. The maximum atomic E-state index is 11.8. The molecule has 1 aliphatic heterocycles. The Hall–Kier alpha value is -0.620. The summed E-state index contributed by atoms with van der Waals surface area (Å²) >= 11 is 0. The molecule has 0 radical (unpaired) electrons. The van der Waals surface area contributed by atoms with Crippen LogP contribution in [0.1, 0.15) is 19.8 Å². The molecule has 1 rings (SSSR count). The molecule has 0 aromatic rings. The van der Waals surface area contributed by atoms with Crippen LogP contribution in [0.4, 0.5) is 0 Å². The van der Waals surface area contributed by atoms with Gasteiger partial charge in [-0.05, 0) is 12.3 Å². The Morgan fingerprint density at radius 1 is 1.50 bits per heavy atom. The van der Waals surface area contributed by atoms with Crippen LogP contribution in [0.3, 0.4) is 0 Å². The minimum atomic E-state index is -3.10. The molecule has 0 bridgehead atoms. The second-order valence-electron chi connectivity index (χ2n) is 4.48. The third-order valence-electron chi connectivity index (χ3n) is 3.08. The number of likely N-dealkylation sites (tertiary alicyclic amines) is 1. The first-order valence-corrected chi connectivity index (χ1v) is 7.49. The van der Waals surface area contributed by atoms with E-state index in [1.807, 2.05) is 6.92 Å². The predicted molar refractivity (Wildman–Crippen MR) is 60.7 cm³/mol. The minimum Gasteiger partial charge on any atom is -0.394 e. The van der Waals surface area contributed by atoms with Crippen molar-refractivity contribution >= 4 is 15.7 Å². The number of aliphatic hydroxyl groups excluding tert-OH is 1. The van der Waals surface area contributed by atoms with Crippen LogP contribution >= 0.6 is 0 Å². The van der Waals surface area contributed by atoms with Crippen molar-refractivity contribution in [2.75, 3.05) is 25.2 Å². The molecular weight excluding hydrogens is 230 g/mol. The van der Waals surface area contributed by atoms with Crippen LogP contribution in [0.2, 0.25) is 0 Å². The van der Waals surface area contributed by atoms with E-state index in [1.165, 1.54) is 0 Å². The molecule has 0 spiro atoms. The van der Waals surface area contributed by atoms with Crippen LogP contribution in [0.5, 0.6) is 0 Å². The summed E-state index contributed by atoms with van der Waals surface area (Å²) < 4.78 is 21.9. The van der Waals surface area contributed by atoms with Gasteiger partial charge in [0.05, 0.1) is 18.4 Å². The van der Waals surface area contributed by atoms with Crippen molar-refractivity contribution in [3.05, 3.63) is 0 Å². The van der Waals surface area contributed by atoms with E-state index in [4.69, 9.17) is 0 Å². The van der Waals surface area contributed by atoms with Crippen LogP contribution < -0.4 is 0 Å². The van der Waals surface area contributed by atoms with Crippen LogP contribution in [0.15, 0.2) is 0 Å². The topological polar surface area (TPSA) is 74.7 Å². The average molecular weight is 249 g/mol. The van der Waals surface area contributed by atoms with Crippen molar-refractivity contribution in [1.82, 2.24) is 4.90 Å². The summed E-state index contributed by atoms with van der Waals surface area (Å²) in [6.07, 6.45) is 2.01. The van der Waals surface area contributed by atoms with Gasteiger partial charge in [-0.1, -0.05) is 6.92 Å². The van der Waals surface area contributed by atoms with E-state index in [0.717, 1.165) is 12.7 Å². The zero-order chi connectivity index (χ0) is 12.3. The van der Waals surface area contributed by atoms with Crippen molar-refractivity contribution in [2.45, 2.75) is 25.8 Å². The van der Waals surface area contributed by atoms with Crippen LogP contribution in [-0.2, 0) is 14.6 Å². The fraction of sp³-hybridized carbons (Fsp3) is 0.900. The predicted octanol–water partition coefficient (Wildman–Crippen LogP) is -0.350. The third-order valence-corrected chi connectivity index (χ3v) is 4.02. The number of aliphatic hydroxyl groups is 1. The highest BCUT2D eigenvalue weighted by Crippen LogP contribution is 2.24. The second-order valence-corrected chi connectivity index (χ2v) is 6.74. The molecule has 5 nitrogen and oxygen atoms in total. The van der Waals surface area contributed by atoms with E-state index in [1.54, 1.807) is 4.90 Å². The summed E-state index contributed by atoms with van der Waals surface area (Å²) in [6.45, 7) is 2.56. The summed E-state index contributed by atoms with van der Waals surface area (Å²) in [7, 11) is -3.10. The van der Waals surface area contributed by atoms with Crippen LogP contribution in [-0.4, -0.2) is 55.5 Å². The largest absolute Gasteiger partial charge is 0.394 e. The lowest BCUT2D eigenvalue weighted by Crippen LogP contribution is -2.40. The smallest absolute Gasteiger partial charge is 0.223 e. The van der Waals surface area contributed by atoms with Gasteiger partial charge in [-0.25, -0.2) is 8.42 Å². The normalized spacial score (nSPS) is 26.1. The Bertz CT molecular complexity index is 352.